The van der Waals surface area contributed by atoms with Crippen molar-refractivity contribution < 1.29 is 0 Å². The number of nitrogens with zero attached hydrogens (tertiary/aromatic N) is 4. The first kappa shape index (κ1) is 11.9. The second-order valence-corrected chi connectivity index (χ2v) is 4.72. The van der Waals surface area contributed by atoms with E-state index in [1.807, 2.05) is 10.9 Å². The second-order valence-electron chi connectivity index (χ2n) is 4.72. The van der Waals surface area contributed by atoms with Gasteiger partial charge in [0.25, 0.3) is 0 Å². The van der Waals surface area contributed by atoms with Gasteiger partial charge in [0.05, 0.1) is 12.2 Å². The summed E-state index contributed by atoms with van der Waals surface area (Å²) in [6.45, 7) is 2.07. The summed E-state index contributed by atoms with van der Waals surface area (Å²) in [5, 5.41) is 7.77. The average molecular weight is 259 g/mol. The van der Waals surface area contributed by atoms with Crippen LogP contribution in [0.25, 0.3) is 11.1 Å². The lowest BCUT2D eigenvalue weighted by atomic mass is 10.1. The van der Waals surface area contributed by atoms with Crippen molar-refractivity contribution in [2.45, 2.75) is 18.9 Å². The first-order valence-corrected chi connectivity index (χ1v) is 6.37. The summed E-state index contributed by atoms with van der Waals surface area (Å²) in [5.74, 6) is 0.573. The zero-order valence-corrected chi connectivity index (χ0v) is 10.6. The highest BCUT2D eigenvalue weighted by molar-refractivity contribution is 5.72. The van der Waals surface area contributed by atoms with Gasteiger partial charge in [-0.15, -0.1) is 0 Å². The maximum absolute atomic E-state index is 5.86. The minimum absolute atomic E-state index is 0.187. The number of aromatic nitrogens is 4. The van der Waals surface area contributed by atoms with E-state index in [0.717, 1.165) is 37.1 Å². The Morgan fingerprint density at radius 1 is 1.21 bits per heavy atom. The van der Waals surface area contributed by atoms with Gasteiger partial charge in [-0.25, -0.2) is 4.98 Å². The largest absolute Gasteiger partial charge is 0.383 e. The van der Waals surface area contributed by atoms with E-state index in [9.17, 15) is 0 Å². The van der Waals surface area contributed by atoms with Gasteiger partial charge in [-0.3, -0.25) is 4.68 Å². The van der Waals surface area contributed by atoms with Crippen LogP contribution >= 0.6 is 0 Å². The third kappa shape index (κ3) is 2.37. The molecule has 3 heterocycles. The Hall–Kier alpha value is -2.15. The molecule has 0 atom stereocenters. The summed E-state index contributed by atoms with van der Waals surface area (Å²) >= 11 is 0. The van der Waals surface area contributed by atoms with Crippen LogP contribution < -0.4 is 16.8 Å². The molecule has 1 fully saturated rings. The number of nitrogens with one attached hydrogen (secondary N) is 1. The van der Waals surface area contributed by atoms with E-state index in [4.69, 9.17) is 11.5 Å². The number of nitrogens with two attached hydrogens (primary N) is 2. The molecule has 0 radical (unpaired) electrons. The van der Waals surface area contributed by atoms with Crippen LogP contribution in [0, 0.1) is 0 Å². The third-order valence-electron chi connectivity index (χ3n) is 3.43. The SMILES string of the molecule is Nc1ncc(-c2cnn(C3CCNCC3)c2)c(N)n1. The van der Waals surface area contributed by atoms with Crippen molar-refractivity contribution in [2.75, 3.05) is 24.6 Å². The van der Waals surface area contributed by atoms with Crippen molar-refractivity contribution in [3.63, 3.8) is 0 Å². The molecule has 1 aliphatic heterocycles. The smallest absolute Gasteiger partial charge is 0.221 e. The highest BCUT2D eigenvalue weighted by Gasteiger charge is 2.16. The van der Waals surface area contributed by atoms with Crippen molar-refractivity contribution >= 4 is 11.8 Å². The van der Waals surface area contributed by atoms with Crippen LogP contribution in [0.4, 0.5) is 11.8 Å². The van der Waals surface area contributed by atoms with Crippen molar-refractivity contribution in [1.82, 2.24) is 25.1 Å². The van der Waals surface area contributed by atoms with Crippen LogP contribution in [0.3, 0.4) is 0 Å². The van der Waals surface area contributed by atoms with Crippen LogP contribution in [0.15, 0.2) is 18.6 Å². The zero-order valence-electron chi connectivity index (χ0n) is 10.6. The molecule has 0 unspecified atom stereocenters. The summed E-state index contributed by atoms with van der Waals surface area (Å²) in [7, 11) is 0. The second kappa shape index (κ2) is 4.85. The lowest BCUT2D eigenvalue weighted by Crippen LogP contribution is -2.29. The molecule has 1 aliphatic rings. The standard InChI is InChI=1S/C12H17N7/c13-11-10(6-16-12(14)18-11)8-5-17-19(7-8)9-1-3-15-4-2-9/h5-7,9,15H,1-4H2,(H4,13,14,16,18). The van der Waals surface area contributed by atoms with Crippen LogP contribution in [-0.2, 0) is 0 Å². The van der Waals surface area contributed by atoms with E-state index in [1.165, 1.54) is 0 Å². The predicted octanol–water partition coefficient (Wildman–Crippen LogP) is 0.429. The van der Waals surface area contributed by atoms with Gasteiger partial charge in [-0.1, -0.05) is 0 Å². The maximum Gasteiger partial charge on any atom is 0.221 e. The molecule has 2 aromatic heterocycles. The molecular weight excluding hydrogens is 242 g/mol. The molecule has 0 spiro atoms. The average Bonchev–Trinajstić information content (AvgIpc) is 2.89. The predicted molar refractivity (Wildman–Crippen MR) is 73.2 cm³/mol. The minimum atomic E-state index is 0.187. The van der Waals surface area contributed by atoms with Gasteiger partial charge in [0, 0.05) is 23.5 Å². The van der Waals surface area contributed by atoms with Gasteiger partial charge < -0.3 is 16.8 Å². The van der Waals surface area contributed by atoms with E-state index in [2.05, 4.69) is 20.4 Å². The van der Waals surface area contributed by atoms with E-state index >= 15 is 0 Å². The van der Waals surface area contributed by atoms with Gasteiger partial charge in [0.1, 0.15) is 5.82 Å². The topological polar surface area (TPSA) is 108 Å². The lowest BCUT2D eigenvalue weighted by Gasteiger charge is -2.22. The molecule has 0 aliphatic carbocycles. The molecule has 0 amide bonds. The Morgan fingerprint density at radius 3 is 2.74 bits per heavy atom. The Kier molecular flexibility index (Phi) is 3.04. The van der Waals surface area contributed by atoms with Gasteiger partial charge >= 0.3 is 0 Å². The number of hydrogen-bond acceptors (Lipinski definition) is 6. The quantitative estimate of drug-likeness (QED) is 0.721. The molecular formula is C12H17N7. The Bertz CT molecular complexity index is 571. The van der Waals surface area contributed by atoms with E-state index in [1.54, 1.807) is 12.4 Å². The minimum Gasteiger partial charge on any atom is -0.383 e. The fourth-order valence-corrected chi connectivity index (χ4v) is 2.38. The first-order valence-electron chi connectivity index (χ1n) is 6.37. The number of piperidine rings is 1. The number of nitrogen functional groups attached to an aromatic ring is 2. The van der Waals surface area contributed by atoms with E-state index in [0.29, 0.717) is 11.9 Å². The van der Waals surface area contributed by atoms with Crippen LogP contribution in [-0.4, -0.2) is 32.8 Å². The Morgan fingerprint density at radius 2 is 2.00 bits per heavy atom. The monoisotopic (exact) mass is 259 g/mol. The Balaban J connectivity index is 1.87. The van der Waals surface area contributed by atoms with Gasteiger partial charge in [0.2, 0.25) is 5.95 Å². The number of hydrogen-bond donors (Lipinski definition) is 3. The first-order chi connectivity index (χ1) is 9.24. The highest BCUT2D eigenvalue weighted by atomic mass is 15.3. The van der Waals surface area contributed by atoms with E-state index in [-0.39, 0.29) is 5.95 Å². The van der Waals surface area contributed by atoms with Crippen molar-refractivity contribution in [2.24, 2.45) is 0 Å². The summed E-state index contributed by atoms with van der Waals surface area (Å²) in [6, 6.07) is 0.450. The molecule has 100 valence electrons. The molecule has 2 aromatic rings. The van der Waals surface area contributed by atoms with Crippen molar-refractivity contribution in [1.29, 1.82) is 0 Å². The van der Waals surface area contributed by atoms with Crippen LogP contribution in [0.1, 0.15) is 18.9 Å². The number of anilines is 2. The molecule has 0 bridgehead atoms. The summed E-state index contributed by atoms with van der Waals surface area (Å²) in [6.07, 6.45) is 7.62. The molecule has 0 aromatic carbocycles. The highest BCUT2D eigenvalue weighted by Crippen LogP contribution is 2.26. The normalized spacial score (nSPS) is 16.6. The molecule has 1 saturated heterocycles. The van der Waals surface area contributed by atoms with E-state index < -0.39 is 0 Å². The van der Waals surface area contributed by atoms with Gasteiger partial charge in [0.15, 0.2) is 0 Å². The zero-order chi connectivity index (χ0) is 13.2. The molecule has 19 heavy (non-hydrogen) atoms. The fourth-order valence-electron chi connectivity index (χ4n) is 2.38. The summed E-state index contributed by atoms with van der Waals surface area (Å²) in [5.41, 5.74) is 13.1. The van der Waals surface area contributed by atoms with Crippen LogP contribution in [0.2, 0.25) is 0 Å². The van der Waals surface area contributed by atoms with Gasteiger partial charge in [-0.2, -0.15) is 10.1 Å². The number of rotatable bonds is 2. The maximum atomic E-state index is 5.86. The molecule has 7 heteroatoms. The third-order valence-corrected chi connectivity index (χ3v) is 3.43. The van der Waals surface area contributed by atoms with Crippen LogP contribution in [0.5, 0.6) is 0 Å². The molecule has 3 rings (SSSR count). The molecule has 5 N–H and O–H groups in total. The Labute approximate surface area is 111 Å². The van der Waals surface area contributed by atoms with Gasteiger partial charge in [-0.05, 0) is 25.9 Å². The lowest BCUT2D eigenvalue weighted by molar-refractivity contribution is 0.343. The molecule has 7 nitrogen and oxygen atoms in total. The summed E-state index contributed by atoms with van der Waals surface area (Å²) < 4.78 is 2.01. The van der Waals surface area contributed by atoms with Crippen molar-refractivity contribution in [3.05, 3.63) is 18.6 Å². The summed E-state index contributed by atoms with van der Waals surface area (Å²) in [4.78, 5) is 7.95. The van der Waals surface area contributed by atoms with Crippen molar-refractivity contribution in [3.8, 4) is 11.1 Å². The fraction of sp³-hybridized carbons (Fsp3) is 0.417. The molecule has 0 saturated carbocycles.